The lowest BCUT2D eigenvalue weighted by molar-refractivity contribution is -0.712. The Morgan fingerprint density at radius 2 is 2.55 bits per heavy atom. The Morgan fingerprint density at radius 3 is 2.91 bits per heavy atom. The molecule has 0 aliphatic rings. The molecule has 6 nitrogen and oxygen atoms in total. The van der Waals surface area contributed by atoms with E-state index in [-0.39, 0.29) is 5.88 Å². The summed E-state index contributed by atoms with van der Waals surface area (Å²) in [5.41, 5.74) is 0. The maximum atomic E-state index is 9.84. The van der Waals surface area contributed by atoms with Crippen LogP contribution in [0.4, 0.5) is 0 Å². The smallest absolute Gasteiger partial charge is 0.301 e. The molecule has 0 bridgehead atoms. The van der Waals surface area contributed by atoms with Gasteiger partial charge in [-0.05, 0) is 15.9 Å². The molecule has 11 heavy (non-hydrogen) atoms. The van der Waals surface area contributed by atoms with Crippen LogP contribution < -0.4 is 4.84 Å². The highest BCUT2D eigenvalue weighted by Gasteiger charge is 2.08. The largest absolute Gasteiger partial charge is 0.327 e. The Hall–Kier alpha value is -1.11. The van der Waals surface area contributed by atoms with E-state index in [1.54, 1.807) is 11.6 Å². The summed E-state index contributed by atoms with van der Waals surface area (Å²) in [5, 5.41) is 8.93. The molecule has 1 aromatic heterocycles. The fourth-order valence-electron chi connectivity index (χ4n) is 0.526. The van der Waals surface area contributed by atoms with Gasteiger partial charge in [0.15, 0.2) is 0 Å². The van der Waals surface area contributed by atoms with E-state index < -0.39 is 5.09 Å². The summed E-state index contributed by atoms with van der Waals surface area (Å²) in [5.74, 6) is -0.0440. The summed E-state index contributed by atoms with van der Waals surface area (Å²) in [6, 6.07) is 0. The standard InChI is InChI=1S/C4H4BrN3O3/c1-7-2-6-4(3(7)5)11-8(9)10/h2H,1H3. The number of hydrogen-bond donors (Lipinski definition) is 0. The molecule has 0 spiro atoms. The maximum absolute atomic E-state index is 9.84. The maximum Gasteiger partial charge on any atom is 0.301 e. The lowest BCUT2D eigenvalue weighted by Crippen LogP contribution is -2.04. The Kier molecular flexibility index (Phi) is 2.08. The average Bonchev–Trinajstić information content (AvgIpc) is 2.18. The van der Waals surface area contributed by atoms with Crippen LogP contribution in [0.15, 0.2) is 10.9 Å². The molecular weight excluding hydrogens is 218 g/mol. The number of rotatable bonds is 2. The number of nitrogens with zero attached hydrogens (tertiary/aromatic N) is 3. The van der Waals surface area contributed by atoms with Crippen LogP contribution >= 0.6 is 15.9 Å². The van der Waals surface area contributed by atoms with Crippen LogP contribution in [0, 0.1) is 10.1 Å². The minimum Gasteiger partial charge on any atom is -0.327 e. The van der Waals surface area contributed by atoms with Gasteiger partial charge in [0, 0.05) is 7.05 Å². The first-order chi connectivity index (χ1) is 5.11. The van der Waals surface area contributed by atoms with Crippen molar-refractivity contribution in [2.24, 2.45) is 7.05 Å². The van der Waals surface area contributed by atoms with E-state index in [9.17, 15) is 10.1 Å². The normalized spacial score (nSPS) is 9.64. The van der Waals surface area contributed by atoms with Gasteiger partial charge in [0.2, 0.25) is 5.88 Å². The van der Waals surface area contributed by atoms with E-state index in [0.717, 1.165) is 0 Å². The Balaban J connectivity index is 2.87. The van der Waals surface area contributed by atoms with E-state index >= 15 is 0 Å². The lowest BCUT2D eigenvalue weighted by atomic mass is 10.8. The summed E-state index contributed by atoms with van der Waals surface area (Å²) >= 11 is 3.05. The van der Waals surface area contributed by atoms with Crippen LogP contribution in [0.25, 0.3) is 0 Å². The molecule has 0 saturated heterocycles. The fourth-order valence-corrected chi connectivity index (χ4v) is 0.792. The minimum atomic E-state index is -0.910. The van der Waals surface area contributed by atoms with Crippen molar-refractivity contribution in [2.45, 2.75) is 0 Å². The van der Waals surface area contributed by atoms with Crippen LogP contribution in [-0.2, 0) is 7.05 Å². The second kappa shape index (κ2) is 2.87. The summed E-state index contributed by atoms with van der Waals surface area (Å²) < 4.78 is 1.99. The second-order valence-electron chi connectivity index (χ2n) is 1.77. The molecular formula is C4H4BrN3O3. The van der Waals surface area contributed by atoms with Crippen molar-refractivity contribution in [1.29, 1.82) is 0 Å². The van der Waals surface area contributed by atoms with Gasteiger partial charge in [-0.3, -0.25) is 4.84 Å². The van der Waals surface area contributed by atoms with Gasteiger partial charge >= 0.3 is 5.09 Å². The lowest BCUT2D eigenvalue weighted by Gasteiger charge is -1.93. The summed E-state index contributed by atoms with van der Waals surface area (Å²) in [6.07, 6.45) is 1.41. The van der Waals surface area contributed by atoms with E-state index in [4.69, 9.17) is 0 Å². The molecule has 0 amide bonds. The highest BCUT2D eigenvalue weighted by atomic mass is 79.9. The molecule has 0 N–H and O–H groups in total. The molecule has 0 aliphatic heterocycles. The van der Waals surface area contributed by atoms with Crippen LogP contribution in [0.2, 0.25) is 0 Å². The van der Waals surface area contributed by atoms with Crippen molar-refractivity contribution < 1.29 is 9.92 Å². The van der Waals surface area contributed by atoms with Crippen molar-refractivity contribution in [1.82, 2.24) is 9.55 Å². The second-order valence-corrected chi connectivity index (χ2v) is 2.52. The average molecular weight is 222 g/mol. The molecule has 1 aromatic rings. The predicted octanol–water partition coefficient (Wildman–Crippen LogP) is 0.753. The molecule has 1 rings (SSSR count). The fraction of sp³-hybridized carbons (Fsp3) is 0.250. The first-order valence-electron chi connectivity index (χ1n) is 2.60. The molecule has 0 fully saturated rings. The molecule has 0 unspecified atom stereocenters. The summed E-state index contributed by atoms with van der Waals surface area (Å²) in [7, 11) is 1.68. The third-order valence-corrected chi connectivity index (χ3v) is 1.89. The van der Waals surface area contributed by atoms with Gasteiger partial charge in [0.1, 0.15) is 4.60 Å². The summed E-state index contributed by atoms with van der Waals surface area (Å²) in [6.45, 7) is 0. The van der Waals surface area contributed by atoms with Gasteiger partial charge in [-0.1, -0.05) is 0 Å². The zero-order valence-corrected chi connectivity index (χ0v) is 7.11. The van der Waals surface area contributed by atoms with Gasteiger partial charge in [-0.2, -0.15) is 0 Å². The molecule has 0 aromatic carbocycles. The first-order valence-corrected chi connectivity index (χ1v) is 3.39. The minimum absolute atomic E-state index is 0.0440. The van der Waals surface area contributed by atoms with E-state index in [2.05, 4.69) is 25.8 Å². The molecule has 1 heterocycles. The van der Waals surface area contributed by atoms with Crippen LogP contribution in [0.3, 0.4) is 0 Å². The van der Waals surface area contributed by atoms with Crippen molar-refractivity contribution >= 4 is 15.9 Å². The van der Waals surface area contributed by atoms with Crippen molar-refractivity contribution in [3.63, 3.8) is 0 Å². The molecule has 0 atom stereocenters. The molecule has 60 valence electrons. The van der Waals surface area contributed by atoms with Gasteiger partial charge in [-0.25, -0.2) is 4.98 Å². The number of imidazole rings is 1. The Bertz CT molecular complexity index is 284. The van der Waals surface area contributed by atoms with Crippen molar-refractivity contribution in [2.75, 3.05) is 0 Å². The van der Waals surface area contributed by atoms with Crippen LogP contribution in [0.1, 0.15) is 0 Å². The summed E-state index contributed by atoms with van der Waals surface area (Å²) in [4.78, 5) is 17.6. The topological polar surface area (TPSA) is 70.2 Å². The number of aromatic nitrogens is 2. The van der Waals surface area contributed by atoms with Crippen molar-refractivity contribution in [3.05, 3.63) is 21.0 Å². The third-order valence-electron chi connectivity index (χ3n) is 0.995. The van der Waals surface area contributed by atoms with Crippen LogP contribution in [-0.4, -0.2) is 14.6 Å². The quantitative estimate of drug-likeness (QED) is 0.546. The van der Waals surface area contributed by atoms with E-state index in [1.807, 2.05) is 0 Å². The van der Waals surface area contributed by atoms with Gasteiger partial charge < -0.3 is 4.57 Å². The van der Waals surface area contributed by atoms with E-state index in [0.29, 0.717) is 4.60 Å². The first kappa shape index (κ1) is 7.99. The van der Waals surface area contributed by atoms with Crippen molar-refractivity contribution in [3.8, 4) is 5.88 Å². The van der Waals surface area contributed by atoms with Gasteiger partial charge in [0.05, 0.1) is 6.33 Å². The van der Waals surface area contributed by atoms with Gasteiger partial charge in [-0.15, -0.1) is 10.1 Å². The monoisotopic (exact) mass is 221 g/mol. The molecule has 0 radical (unpaired) electrons. The highest BCUT2D eigenvalue weighted by Crippen LogP contribution is 2.21. The Morgan fingerprint density at radius 1 is 1.91 bits per heavy atom. The zero-order valence-electron chi connectivity index (χ0n) is 5.52. The SMILES string of the molecule is Cn1cnc(O[N+](=O)[O-])c1Br. The van der Waals surface area contributed by atoms with Crippen LogP contribution in [0.5, 0.6) is 5.88 Å². The van der Waals surface area contributed by atoms with Gasteiger partial charge in [0.25, 0.3) is 0 Å². The number of halogens is 1. The Labute approximate surface area is 70.0 Å². The predicted molar refractivity (Wildman–Crippen MR) is 38.5 cm³/mol. The third kappa shape index (κ3) is 1.67. The highest BCUT2D eigenvalue weighted by molar-refractivity contribution is 9.10. The molecule has 7 heteroatoms. The van der Waals surface area contributed by atoms with E-state index in [1.165, 1.54) is 6.33 Å². The number of aryl methyl sites for hydroxylation is 1. The molecule has 0 saturated carbocycles. The number of hydrogen-bond acceptors (Lipinski definition) is 4. The molecule has 0 aliphatic carbocycles. The zero-order chi connectivity index (χ0) is 8.43.